The zero-order chi connectivity index (χ0) is 10.4. The highest BCUT2D eigenvalue weighted by atomic mass is 16.5. The third-order valence-corrected chi connectivity index (χ3v) is 2.14. The minimum absolute atomic E-state index is 0.0788. The van der Waals surface area contributed by atoms with Crippen molar-refractivity contribution >= 4 is 0 Å². The normalized spacial score (nSPS) is 12.5. The van der Waals surface area contributed by atoms with Gasteiger partial charge in [-0.1, -0.05) is 12.1 Å². The molecule has 0 radical (unpaired) electrons. The van der Waals surface area contributed by atoms with E-state index in [2.05, 4.69) is 5.32 Å². The fourth-order valence-corrected chi connectivity index (χ4v) is 1.36. The number of likely N-dealkylation sites (N-methyl/N-ethyl adjacent to an activating group) is 1. The maximum absolute atomic E-state index is 5.36. The molecule has 1 atom stereocenters. The van der Waals surface area contributed by atoms with Crippen molar-refractivity contribution in [3.63, 3.8) is 0 Å². The highest BCUT2D eigenvalue weighted by Gasteiger charge is 2.09. The predicted octanol–water partition coefficient (Wildman–Crippen LogP) is 1.60. The molecule has 0 fully saturated rings. The lowest BCUT2D eigenvalue weighted by atomic mass is 10.1. The third kappa shape index (κ3) is 2.72. The van der Waals surface area contributed by atoms with Gasteiger partial charge in [0, 0.05) is 13.7 Å². The van der Waals surface area contributed by atoms with E-state index >= 15 is 0 Å². The fraction of sp³-hybridized carbons (Fsp3) is 0.455. The van der Waals surface area contributed by atoms with Crippen LogP contribution >= 0.6 is 0 Å². The van der Waals surface area contributed by atoms with Crippen LogP contribution in [0.5, 0.6) is 5.75 Å². The smallest absolute Gasteiger partial charge is 0.119 e. The molecule has 0 aromatic heterocycles. The standard InChI is InChI=1S/C11H17NO2/c1-12-8-11(14-3)9-5-4-6-10(7-9)13-2/h4-7,11-12H,8H2,1-3H3. The van der Waals surface area contributed by atoms with E-state index in [1.807, 2.05) is 31.3 Å². The average molecular weight is 195 g/mol. The van der Waals surface area contributed by atoms with Crippen LogP contribution in [0.2, 0.25) is 0 Å². The van der Waals surface area contributed by atoms with E-state index in [4.69, 9.17) is 9.47 Å². The second-order valence-corrected chi connectivity index (χ2v) is 3.06. The maximum Gasteiger partial charge on any atom is 0.119 e. The second-order valence-electron chi connectivity index (χ2n) is 3.06. The van der Waals surface area contributed by atoms with Crippen molar-refractivity contribution in [3.05, 3.63) is 29.8 Å². The topological polar surface area (TPSA) is 30.5 Å². The molecule has 1 unspecified atom stereocenters. The molecule has 0 aliphatic carbocycles. The van der Waals surface area contributed by atoms with Crippen molar-refractivity contribution in [2.45, 2.75) is 6.10 Å². The third-order valence-electron chi connectivity index (χ3n) is 2.14. The van der Waals surface area contributed by atoms with Crippen molar-refractivity contribution in [2.24, 2.45) is 0 Å². The number of nitrogens with one attached hydrogen (secondary N) is 1. The van der Waals surface area contributed by atoms with Crippen LogP contribution in [0.15, 0.2) is 24.3 Å². The van der Waals surface area contributed by atoms with Gasteiger partial charge < -0.3 is 14.8 Å². The number of hydrogen-bond acceptors (Lipinski definition) is 3. The van der Waals surface area contributed by atoms with E-state index in [1.54, 1.807) is 14.2 Å². The van der Waals surface area contributed by atoms with Crippen LogP contribution in [-0.2, 0) is 4.74 Å². The minimum Gasteiger partial charge on any atom is -0.497 e. The van der Waals surface area contributed by atoms with Crippen LogP contribution in [0.3, 0.4) is 0 Å². The summed E-state index contributed by atoms with van der Waals surface area (Å²) in [4.78, 5) is 0. The molecule has 1 N–H and O–H groups in total. The average Bonchev–Trinajstić information content (AvgIpc) is 2.26. The Labute approximate surface area is 85.0 Å². The molecule has 0 saturated carbocycles. The Morgan fingerprint density at radius 1 is 1.36 bits per heavy atom. The van der Waals surface area contributed by atoms with Gasteiger partial charge in [-0.05, 0) is 24.7 Å². The molecule has 0 amide bonds. The first-order valence-electron chi connectivity index (χ1n) is 4.63. The summed E-state index contributed by atoms with van der Waals surface area (Å²) in [5, 5.41) is 3.09. The summed E-state index contributed by atoms with van der Waals surface area (Å²) in [6, 6.07) is 7.92. The van der Waals surface area contributed by atoms with Crippen LogP contribution in [0.4, 0.5) is 0 Å². The lowest BCUT2D eigenvalue weighted by Crippen LogP contribution is -2.18. The summed E-state index contributed by atoms with van der Waals surface area (Å²) >= 11 is 0. The molecule has 0 aliphatic heterocycles. The van der Waals surface area contributed by atoms with Crippen molar-refractivity contribution in [2.75, 3.05) is 27.8 Å². The number of benzene rings is 1. The predicted molar refractivity (Wildman–Crippen MR) is 56.7 cm³/mol. The van der Waals surface area contributed by atoms with Gasteiger partial charge in [0.05, 0.1) is 13.2 Å². The molecule has 3 heteroatoms. The Hall–Kier alpha value is -1.06. The van der Waals surface area contributed by atoms with Crippen LogP contribution < -0.4 is 10.1 Å². The Bertz CT molecular complexity index is 276. The Kier molecular flexibility index (Phi) is 4.43. The van der Waals surface area contributed by atoms with Gasteiger partial charge in [0.25, 0.3) is 0 Å². The van der Waals surface area contributed by atoms with Crippen LogP contribution in [0.1, 0.15) is 11.7 Å². The summed E-state index contributed by atoms with van der Waals surface area (Å²) in [6.07, 6.45) is 0.0788. The van der Waals surface area contributed by atoms with E-state index in [1.165, 1.54) is 0 Å². The van der Waals surface area contributed by atoms with Crippen molar-refractivity contribution in [1.29, 1.82) is 0 Å². The van der Waals surface area contributed by atoms with Crippen LogP contribution in [-0.4, -0.2) is 27.8 Å². The van der Waals surface area contributed by atoms with Crippen molar-refractivity contribution in [1.82, 2.24) is 5.32 Å². The highest BCUT2D eigenvalue weighted by molar-refractivity contribution is 5.30. The molecule has 1 aromatic carbocycles. The van der Waals surface area contributed by atoms with E-state index in [0.29, 0.717) is 0 Å². The molecule has 14 heavy (non-hydrogen) atoms. The summed E-state index contributed by atoms with van der Waals surface area (Å²) < 4.78 is 10.5. The van der Waals surface area contributed by atoms with Gasteiger partial charge in [-0.2, -0.15) is 0 Å². The molecule has 0 spiro atoms. The lowest BCUT2D eigenvalue weighted by Gasteiger charge is -2.15. The van der Waals surface area contributed by atoms with E-state index in [9.17, 15) is 0 Å². The first kappa shape index (κ1) is 11.0. The van der Waals surface area contributed by atoms with Crippen molar-refractivity contribution in [3.8, 4) is 5.75 Å². The Morgan fingerprint density at radius 3 is 2.71 bits per heavy atom. The largest absolute Gasteiger partial charge is 0.497 e. The van der Waals surface area contributed by atoms with Gasteiger partial charge in [-0.25, -0.2) is 0 Å². The fourth-order valence-electron chi connectivity index (χ4n) is 1.36. The number of methoxy groups -OCH3 is 2. The van der Waals surface area contributed by atoms with Gasteiger partial charge in [0.2, 0.25) is 0 Å². The number of hydrogen-bond donors (Lipinski definition) is 1. The molecule has 0 saturated heterocycles. The highest BCUT2D eigenvalue weighted by Crippen LogP contribution is 2.20. The van der Waals surface area contributed by atoms with E-state index in [-0.39, 0.29) is 6.10 Å². The molecule has 0 bridgehead atoms. The number of rotatable bonds is 5. The van der Waals surface area contributed by atoms with Gasteiger partial charge in [0.15, 0.2) is 0 Å². The van der Waals surface area contributed by atoms with Crippen LogP contribution in [0.25, 0.3) is 0 Å². The molecule has 0 heterocycles. The molecule has 78 valence electrons. The molecule has 3 nitrogen and oxygen atoms in total. The van der Waals surface area contributed by atoms with Crippen LogP contribution in [0, 0.1) is 0 Å². The van der Waals surface area contributed by atoms with E-state index in [0.717, 1.165) is 17.9 Å². The maximum atomic E-state index is 5.36. The van der Waals surface area contributed by atoms with E-state index < -0.39 is 0 Å². The minimum atomic E-state index is 0.0788. The first-order chi connectivity index (χ1) is 6.81. The summed E-state index contributed by atoms with van der Waals surface area (Å²) in [5.41, 5.74) is 1.13. The monoisotopic (exact) mass is 195 g/mol. The molecule has 1 aromatic rings. The summed E-state index contributed by atoms with van der Waals surface area (Å²) in [7, 11) is 5.28. The quantitative estimate of drug-likeness (QED) is 0.774. The first-order valence-corrected chi connectivity index (χ1v) is 4.63. The van der Waals surface area contributed by atoms with Gasteiger partial charge in [-0.15, -0.1) is 0 Å². The summed E-state index contributed by atoms with van der Waals surface area (Å²) in [6.45, 7) is 0.795. The molecule has 1 rings (SSSR count). The number of ether oxygens (including phenoxy) is 2. The molecule has 0 aliphatic rings. The Morgan fingerprint density at radius 2 is 2.14 bits per heavy atom. The summed E-state index contributed by atoms with van der Waals surface area (Å²) in [5.74, 6) is 0.862. The Balaban J connectivity index is 2.80. The lowest BCUT2D eigenvalue weighted by molar-refractivity contribution is 0.104. The van der Waals surface area contributed by atoms with Gasteiger partial charge in [-0.3, -0.25) is 0 Å². The zero-order valence-corrected chi connectivity index (χ0v) is 8.91. The van der Waals surface area contributed by atoms with Gasteiger partial charge in [0.1, 0.15) is 5.75 Å². The zero-order valence-electron chi connectivity index (χ0n) is 8.91. The van der Waals surface area contributed by atoms with Crippen molar-refractivity contribution < 1.29 is 9.47 Å². The second kappa shape index (κ2) is 5.62. The molecular weight excluding hydrogens is 178 g/mol. The van der Waals surface area contributed by atoms with Gasteiger partial charge >= 0.3 is 0 Å². The SMILES string of the molecule is CNCC(OC)c1cccc(OC)c1. The molecular formula is C11H17NO2.